The number of ether oxygens (including phenoxy) is 2. The Morgan fingerprint density at radius 1 is 1.00 bits per heavy atom. The van der Waals surface area contributed by atoms with Gasteiger partial charge in [0, 0.05) is 10.2 Å². The van der Waals surface area contributed by atoms with Crippen molar-refractivity contribution < 1.29 is 24.2 Å². The summed E-state index contributed by atoms with van der Waals surface area (Å²) in [6.45, 7) is 2.57. The molecule has 0 saturated carbocycles. The number of nitrogens with one attached hydrogen (secondary N) is 1. The first-order chi connectivity index (χ1) is 18.4. The normalized spacial score (nSPS) is 11.0. The lowest BCUT2D eigenvalue weighted by Crippen LogP contribution is -2.14. The molecule has 2 N–H and O–H groups in total. The zero-order chi connectivity index (χ0) is 27.1. The molecule has 0 radical (unpaired) electrons. The smallest absolute Gasteiger partial charge is 0.335 e. The number of fused-ring (bicyclic) bond motifs is 1. The Morgan fingerprint density at radius 3 is 2.50 bits per heavy atom. The maximum Gasteiger partial charge on any atom is 0.335 e. The predicted octanol–water partition coefficient (Wildman–Crippen LogP) is 6.82. The van der Waals surface area contributed by atoms with E-state index in [1.54, 1.807) is 18.2 Å². The minimum Gasteiger partial charge on any atom is -0.490 e. The first-order valence-corrected chi connectivity index (χ1v) is 12.5. The Balaban J connectivity index is 1.58. The molecule has 4 aromatic carbocycles. The van der Waals surface area contributed by atoms with Crippen molar-refractivity contribution in [3.8, 4) is 17.6 Å². The van der Waals surface area contributed by atoms with Crippen molar-refractivity contribution >= 4 is 50.3 Å². The second kappa shape index (κ2) is 12.1. The number of nitrogens with zero attached hydrogens (tertiary/aromatic N) is 1. The first-order valence-electron chi connectivity index (χ1n) is 11.7. The third kappa shape index (κ3) is 6.20. The van der Waals surface area contributed by atoms with Crippen LogP contribution in [-0.2, 0) is 11.4 Å². The van der Waals surface area contributed by atoms with Gasteiger partial charge in [-0.3, -0.25) is 4.79 Å². The standard InChI is InChI=1S/C30H23BrN2O5/c1-2-37-27-15-22(13-23(17-32)29(34)33-24-11-6-9-20(14-24)30(35)36)26(31)16-28(27)38-18-21-10-5-8-19-7-3-4-12-25(19)21/h3-16H,2,18H2,1H3,(H,33,34)(H,35,36)/b23-13-. The summed E-state index contributed by atoms with van der Waals surface area (Å²) in [6.07, 6.45) is 1.43. The molecule has 1 amide bonds. The van der Waals surface area contributed by atoms with Crippen LogP contribution in [0.15, 0.2) is 88.9 Å². The summed E-state index contributed by atoms with van der Waals surface area (Å²) in [5.41, 5.74) is 1.69. The van der Waals surface area contributed by atoms with Crippen molar-refractivity contribution in [2.24, 2.45) is 0 Å². The average Bonchev–Trinajstić information content (AvgIpc) is 2.92. The third-order valence-corrected chi connectivity index (χ3v) is 6.35. The number of anilines is 1. The number of amides is 1. The maximum absolute atomic E-state index is 12.8. The van der Waals surface area contributed by atoms with Crippen LogP contribution in [0.1, 0.15) is 28.4 Å². The monoisotopic (exact) mass is 570 g/mol. The molecule has 38 heavy (non-hydrogen) atoms. The Kier molecular flexibility index (Phi) is 8.41. The fourth-order valence-corrected chi connectivity index (χ4v) is 4.29. The summed E-state index contributed by atoms with van der Waals surface area (Å²) in [7, 11) is 0. The zero-order valence-electron chi connectivity index (χ0n) is 20.4. The van der Waals surface area contributed by atoms with E-state index >= 15 is 0 Å². The molecule has 0 saturated heterocycles. The van der Waals surface area contributed by atoms with Crippen LogP contribution in [0.3, 0.4) is 0 Å². The van der Waals surface area contributed by atoms with Gasteiger partial charge in [0.05, 0.1) is 12.2 Å². The number of benzene rings is 4. The molecule has 0 aliphatic rings. The quantitative estimate of drug-likeness (QED) is 0.169. The second-order valence-electron chi connectivity index (χ2n) is 8.19. The zero-order valence-corrected chi connectivity index (χ0v) is 22.0. The van der Waals surface area contributed by atoms with Gasteiger partial charge in [-0.15, -0.1) is 0 Å². The molecule has 190 valence electrons. The number of hydrogen-bond acceptors (Lipinski definition) is 5. The number of nitriles is 1. The molecule has 0 fully saturated rings. The molecule has 0 aliphatic carbocycles. The van der Waals surface area contributed by atoms with Crippen LogP contribution in [0.5, 0.6) is 11.5 Å². The molecule has 4 rings (SSSR count). The van der Waals surface area contributed by atoms with Crippen LogP contribution >= 0.6 is 15.9 Å². The minimum absolute atomic E-state index is 0.0217. The van der Waals surface area contributed by atoms with E-state index in [1.807, 2.05) is 55.5 Å². The van der Waals surface area contributed by atoms with Gasteiger partial charge in [-0.05, 0) is 65.2 Å². The van der Waals surface area contributed by atoms with Crippen LogP contribution in [0.2, 0.25) is 0 Å². The molecular formula is C30H23BrN2O5. The van der Waals surface area contributed by atoms with Gasteiger partial charge in [-0.2, -0.15) is 5.26 Å². The fraction of sp³-hybridized carbons (Fsp3) is 0.100. The molecule has 0 heterocycles. The Bertz CT molecular complexity index is 1580. The van der Waals surface area contributed by atoms with Crippen LogP contribution in [0, 0.1) is 11.3 Å². The van der Waals surface area contributed by atoms with Gasteiger partial charge in [-0.1, -0.05) is 64.5 Å². The van der Waals surface area contributed by atoms with E-state index in [9.17, 15) is 14.9 Å². The lowest BCUT2D eigenvalue weighted by Gasteiger charge is -2.15. The number of carboxylic acid groups (broad SMARTS) is 1. The molecule has 0 bridgehead atoms. The number of carbonyl (C=O) groups excluding carboxylic acids is 1. The largest absolute Gasteiger partial charge is 0.490 e. The van der Waals surface area contributed by atoms with Crippen molar-refractivity contribution in [1.29, 1.82) is 5.26 Å². The van der Waals surface area contributed by atoms with E-state index in [-0.39, 0.29) is 16.8 Å². The molecule has 7 nitrogen and oxygen atoms in total. The Morgan fingerprint density at radius 2 is 1.74 bits per heavy atom. The molecular weight excluding hydrogens is 548 g/mol. The molecule has 0 unspecified atom stereocenters. The summed E-state index contributed by atoms with van der Waals surface area (Å²) < 4.78 is 12.5. The second-order valence-corrected chi connectivity index (χ2v) is 9.04. The van der Waals surface area contributed by atoms with Gasteiger partial charge in [0.15, 0.2) is 11.5 Å². The SMILES string of the molecule is CCOc1cc(/C=C(/C#N)C(=O)Nc2cccc(C(=O)O)c2)c(Br)cc1OCc1cccc2ccccc12. The van der Waals surface area contributed by atoms with E-state index in [2.05, 4.69) is 21.2 Å². The van der Waals surface area contributed by atoms with E-state index in [1.165, 1.54) is 24.3 Å². The van der Waals surface area contributed by atoms with Crippen molar-refractivity contribution in [3.63, 3.8) is 0 Å². The number of halogens is 1. The van der Waals surface area contributed by atoms with E-state index in [0.29, 0.717) is 34.7 Å². The summed E-state index contributed by atoms with van der Waals surface area (Å²) >= 11 is 3.51. The van der Waals surface area contributed by atoms with E-state index in [4.69, 9.17) is 14.6 Å². The summed E-state index contributed by atoms with van der Waals surface area (Å²) in [5.74, 6) is -0.810. The van der Waals surface area contributed by atoms with Gasteiger partial charge in [0.2, 0.25) is 0 Å². The Labute approximate surface area is 228 Å². The lowest BCUT2D eigenvalue weighted by molar-refractivity contribution is -0.112. The topological polar surface area (TPSA) is 109 Å². The van der Waals surface area contributed by atoms with Crippen LogP contribution in [-0.4, -0.2) is 23.6 Å². The van der Waals surface area contributed by atoms with E-state index < -0.39 is 11.9 Å². The molecule has 0 spiro atoms. The average molecular weight is 571 g/mol. The maximum atomic E-state index is 12.8. The van der Waals surface area contributed by atoms with Crippen LogP contribution in [0.25, 0.3) is 16.8 Å². The van der Waals surface area contributed by atoms with Crippen molar-refractivity contribution in [3.05, 3.63) is 106 Å². The van der Waals surface area contributed by atoms with Gasteiger partial charge >= 0.3 is 5.97 Å². The molecule has 0 aliphatic heterocycles. The number of hydrogen-bond donors (Lipinski definition) is 2. The first kappa shape index (κ1) is 26.5. The van der Waals surface area contributed by atoms with Crippen LogP contribution < -0.4 is 14.8 Å². The fourth-order valence-electron chi connectivity index (χ4n) is 3.85. The van der Waals surface area contributed by atoms with Crippen molar-refractivity contribution in [2.75, 3.05) is 11.9 Å². The molecule has 4 aromatic rings. The predicted molar refractivity (Wildman–Crippen MR) is 149 cm³/mol. The summed E-state index contributed by atoms with van der Waals surface area (Å²) in [5, 5.41) is 23.6. The molecule has 0 atom stereocenters. The van der Waals surface area contributed by atoms with Gasteiger partial charge in [0.1, 0.15) is 18.2 Å². The number of aromatic carboxylic acids is 1. The van der Waals surface area contributed by atoms with Gasteiger partial charge < -0.3 is 19.9 Å². The number of carbonyl (C=O) groups is 2. The van der Waals surface area contributed by atoms with Gasteiger partial charge in [0.25, 0.3) is 5.91 Å². The lowest BCUT2D eigenvalue weighted by atomic mass is 10.1. The third-order valence-electron chi connectivity index (χ3n) is 5.66. The number of carboxylic acids is 1. The molecule has 0 aromatic heterocycles. The highest BCUT2D eigenvalue weighted by atomic mass is 79.9. The van der Waals surface area contributed by atoms with Crippen molar-refractivity contribution in [1.82, 2.24) is 0 Å². The number of rotatable bonds is 9. The highest BCUT2D eigenvalue weighted by Crippen LogP contribution is 2.36. The summed E-state index contributed by atoms with van der Waals surface area (Å²) in [6, 6.07) is 25.3. The van der Waals surface area contributed by atoms with Crippen molar-refractivity contribution in [2.45, 2.75) is 13.5 Å². The van der Waals surface area contributed by atoms with Crippen LogP contribution in [0.4, 0.5) is 5.69 Å². The Hall–Kier alpha value is -4.61. The van der Waals surface area contributed by atoms with E-state index in [0.717, 1.165) is 16.3 Å². The highest BCUT2D eigenvalue weighted by Gasteiger charge is 2.15. The molecule has 8 heteroatoms. The van der Waals surface area contributed by atoms with Gasteiger partial charge in [-0.25, -0.2) is 4.79 Å². The minimum atomic E-state index is -1.12. The summed E-state index contributed by atoms with van der Waals surface area (Å²) in [4.78, 5) is 24.0. The highest BCUT2D eigenvalue weighted by molar-refractivity contribution is 9.10.